The zero-order valence-corrected chi connectivity index (χ0v) is 10.6. The molecule has 8 nitrogen and oxygen atoms in total. The maximum Gasteiger partial charge on any atom is 0.410 e. The smallest absolute Gasteiger partial charge is 0.410 e. The van der Waals surface area contributed by atoms with E-state index in [0.29, 0.717) is 17.9 Å². The number of anilines is 1. The Morgan fingerprint density at radius 3 is 3.15 bits per heavy atom. The van der Waals surface area contributed by atoms with Crippen LogP contribution in [0.15, 0.2) is 30.7 Å². The minimum atomic E-state index is -1.18. The van der Waals surface area contributed by atoms with Gasteiger partial charge in [-0.2, -0.15) is 0 Å². The Bertz CT molecular complexity index is 686. The quantitative estimate of drug-likeness (QED) is 0.887. The van der Waals surface area contributed by atoms with Crippen LogP contribution in [0.5, 0.6) is 5.88 Å². The monoisotopic (exact) mass is 276 g/mol. The van der Waals surface area contributed by atoms with Crippen LogP contribution in [0.1, 0.15) is 13.3 Å². The molecule has 104 valence electrons. The first kappa shape index (κ1) is 12.3. The van der Waals surface area contributed by atoms with E-state index in [2.05, 4.69) is 15.4 Å². The topological polar surface area (TPSA) is 98.0 Å². The van der Waals surface area contributed by atoms with Crippen LogP contribution in [-0.2, 0) is 4.74 Å². The number of imidazole rings is 1. The van der Waals surface area contributed by atoms with Gasteiger partial charge in [0.25, 0.3) is 5.79 Å². The van der Waals surface area contributed by atoms with Gasteiger partial charge < -0.3 is 14.6 Å². The van der Waals surface area contributed by atoms with Gasteiger partial charge in [0.05, 0.1) is 12.5 Å². The van der Waals surface area contributed by atoms with Gasteiger partial charge in [0.2, 0.25) is 5.88 Å². The van der Waals surface area contributed by atoms with Crippen LogP contribution in [0.25, 0.3) is 5.65 Å². The lowest BCUT2D eigenvalue weighted by Gasteiger charge is -2.23. The summed E-state index contributed by atoms with van der Waals surface area (Å²) >= 11 is 0. The number of carboxylic acid groups (broad SMARTS) is 1. The zero-order valence-electron chi connectivity index (χ0n) is 10.6. The Labute approximate surface area is 113 Å². The summed E-state index contributed by atoms with van der Waals surface area (Å²) in [6, 6.07) is 3.33. The molecule has 3 rings (SSSR count). The molecule has 20 heavy (non-hydrogen) atoms. The fourth-order valence-electron chi connectivity index (χ4n) is 1.88. The van der Waals surface area contributed by atoms with Crippen molar-refractivity contribution in [1.82, 2.24) is 14.6 Å². The number of amides is 1. The number of nitrogens with zero attached hydrogens (tertiary/aromatic N) is 3. The van der Waals surface area contributed by atoms with Gasteiger partial charge in [0.15, 0.2) is 11.5 Å². The number of rotatable bonds is 3. The van der Waals surface area contributed by atoms with E-state index in [0.717, 1.165) is 0 Å². The van der Waals surface area contributed by atoms with E-state index in [4.69, 9.17) is 14.6 Å². The van der Waals surface area contributed by atoms with Crippen LogP contribution in [0.2, 0.25) is 0 Å². The first-order valence-corrected chi connectivity index (χ1v) is 5.92. The van der Waals surface area contributed by atoms with Crippen molar-refractivity contribution in [3.8, 4) is 5.88 Å². The molecule has 0 saturated heterocycles. The van der Waals surface area contributed by atoms with Gasteiger partial charge in [-0.05, 0) is 12.1 Å². The highest BCUT2D eigenvalue weighted by Gasteiger charge is 2.30. The molecule has 1 unspecified atom stereocenters. The second-order valence-corrected chi connectivity index (χ2v) is 4.46. The van der Waals surface area contributed by atoms with Crippen molar-refractivity contribution < 1.29 is 19.4 Å². The van der Waals surface area contributed by atoms with Crippen LogP contribution < -0.4 is 10.1 Å². The first-order chi connectivity index (χ1) is 9.54. The molecule has 2 N–H and O–H groups in total. The van der Waals surface area contributed by atoms with Crippen LogP contribution in [0, 0.1) is 0 Å². The molecular weight excluding hydrogens is 264 g/mol. The largest absolute Gasteiger partial charge is 0.465 e. The first-order valence-electron chi connectivity index (χ1n) is 5.92. The highest BCUT2D eigenvalue weighted by Crippen LogP contribution is 2.26. The molecule has 0 fully saturated rings. The third kappa shape index (κ3) is 2.35. The molecular formula is C12H12N4O4. The van der Waals surface area contributed by atoms with Crippen molar-refractivity contribution in [2.45, 2.75) is 19.1 Å². The Kier molecular flexibility index (Phi) is 2.70. The number of aromatic nitrogens is 3. The molecule has 1 atom stereocenters. The molecule has 2 aromatic heterocycles. The maximum atomic E-state index is 10.6. The van der Waals surface area contributed by atoms with E-state index < -0.39 is 11.9 Å². The summed E-state index contributed by atoms with van der Waals surface area (Å²) in [5.74, 6) is -0.196. The zero-order chi connectivity index (χ0) is 14.2. The lowest BCUT2D eigenvalue weighted by atomic mass is 10.2. The van der Waals surface area contributed by atoms with Crippen molar-refractivity contribution in [3.63, 3.8) is 0 Å². The molecule has 0 spiro atoms. The molecule has 0 saturated carbocycles. The second kappa shape index (κ2) is 4.41. The van der Waals surface area contributed by atoms with Crippen molar-refractivity contribution in [2.24, 2.45) is 0 Å². The average molecular weight is 276 g/mol. The summed E-state index contributed by atoms with van der Waals surface area (Å²) in [5, 5.41) is 15.0. The predicted octanol–water partition coefficient (Wildman–Crippen LogP) is 1.85. The van der Waals surface area contributed by atoms with Crippen LogP contribution in [0.3, 0.4) is 0 Å². The van der Waals surface area contributed by atoms with E-state index in [-0.39, 0.29) is 5.82 Å². The minimum absolute atomic E-state index is 0.201. The number of nitrogens with one attached hydrogen (secondary N) is 1. The second-order valence-electron chi connectivity index (χ2n) is 4.46. The summed E-state index contributed by atoms with van der Waals surface area (Å²) in [7, 11) is 0. The summed E-state index contributed by atoms with van der Waals surface area (Å²) in [6.45, 7) is 1.81. The summed E-state index contributed by atoms with van der Waals surface area (Å²) in [4.78, 5) is 14.6. The Morgan fingerprint density at radius 2 is 2.45 bits per heavy atom. The van der Waals surface area contributed by atoms with Gasteiger partial charge in [0, 0.05) is 19.4 Å². The van der Waals surface area contributed by atoms with Gasteiger partial charge in [0.1, 0.15) is 0 Å². The van der Waals surface area contributed by atoms with E-state index in [9.17, 15) is 4.79 Å². The lowest BCUT2D eigenvalue weighted by molar-refractivity contribution is -0.115. The third-order valence-electron chi connectivity index (χ3n) is 2.75. The maximum absolute atomic E-state index is 10.6. The molecule has 0 aliphatic carbocycles. The van der Waals surface area contributed by atoms with Crippen molar-refractivity contribution in [2.75, 3.05) is 5.32 Å². The molecule has 8 heteroatoms. The number of hydrogen-bond acceptors (Lipinski definition) is 5. The molecule has 1 aliphatic rings. The summed E-state index contributed by atoms with van der Waals surface area (Å²) < 4.78 is 12.5. The van der Waals surface area contributed by atoms with Gasteiger partial charge >= 0.3 is 6.09 Å². The van der Waals surface area contributed by atoms with Gasteiger partial charge in [-0.15, -0.1) is 5.10 Å². The van der Waals surface area contributed by atoms with E-state index in [1.165, 1.54) is 10.7 Å². The van der Waals surface area contributed by atoms with Crippen LogP contribution in [-0.4, -0.2) is 31.6 Å². The normalized spacial score (nSPS) is 20.9. The predicted molar refractivity (Wildman–Crippen MR) is 68.5 cm³/mol. The van der Waals surface area contributed by atoms with Crippen molar-refractivity contribution >= 4 is 17.6 Å². The minimum Gasteiger partial charge on any atom is -0.465 e. The van der Waals surface area contributed by atoms with Gasteiger partial charge in [-0.25, -0.2) is 14.3 Å². The highest BCUT2D eigenvalue weighted by molar-refractivity contribution is 5.81. The van der Waals surface area contributed by atoms with E-state index in [1.807, 2.05) is 13.0 Å². The summed E-state index contributed by atoms with van der Waals surface area (Å²) in [5.41, 5.74) is 0.511. The Morgan fingerprint density at radius 1 is 1.60 bits per heavy atom. The van der Waals surface area contributed by atoms with Crippen molar-refractivity contribution in [1.29, 1.82) is 0 Å². The fourth-order valence-corrected chi connectivity index (χ4v) is 1.88. The molecule has 0 radical (unpaired) electrons. The SMILES string of the molecule is CC1(Oc2ccc3nc(NC(=O)O)cn3n2)CC=CO1. The lowest BCUT2D eigenvalue weighted by Crippen LogP contribution is -2.31. The van der Waals surface area contributed by atoms with Crippen LogP contribution in [0.4, 0.5) is 10.6 Å². The fraction of sp³-hybridized carbons (Fsp3) is 0.250. The number of carbonyl (C=O) groups is 1. The van der Waals surface area contributed by atoms with Gasteiger partial charge in [-0.3, -0.25) is 5.32 Å². The van der Waals surface area contributed by atoms with E-state index in [1.54, 1.807) is 18.4 Å². The number of hydrogen-bond donors (Lipinski definition) is 2. The highest BCUT2D eigenvalue weighted by atomic mass is 16.7. The molecule has 2 aromatic rings. The summed E-state index contributed by atoms with van der Waals surface area (Å²) in [6.07, 6.45) is 4.37. The molecule has 0 aromatic carbocycles. The standard InChI is InChI=1S/C12H12N4O4/c1-12(5-2-6-19-12)20-10-4-3-9-13-8(14-11(17)18)7-16(9)15-10/h2-4,6-7,14H,5H2,1H3,(H,17,18). The molecule has 1 amide bonds. The van der Waals surface area contributed by atoms with Crippen molar-refractivity contribution in [3.05, 3.63) is 30.7 Å². The Hall–Kier alpha value is -2.77. The van der Waals surface area contributed by atoms with E-state index >= 15 is 0 Å². The van der Waals surface area contributed by atoms with Crippen LogP contribution >= 0.6 is 0 Å². The molecule has 0 bridgehead atoms. The van der Waals surface area contributed by atoms with Gasteiger partial charge in [-0.1, -0.05) is 0 Å². The average Bonchev–Trinajstić information content (AvgIpc) is 2.94. The number of fused-ring (bicyclic) bond motifs is 1. The Balaban J connectivity index is 1.84. The molecule has 1 aliphatic heterocycles. The number of ether oxygens (including phenoxy) is 2. The third-order valence-corrected chi connectivity index (χ3v) is 2.75. The molecule has 3 heterocycles.